The molecule has 272 valence electrons. The Balaban J connectivity index is 0.000000285. The molecule has 2 aromatic heterocycles. The summed E-state index contributed by atoms with van der Waals surface area (Å²) in [6.45, 7) is 3.63. The molecular formula is C35H31N7O11. The van der Waals surface area contributed by atoms with E-state index in [0.717, 1.165) is 0 Å². The van der Waals surface area contributed by atoms with Crippen LogP contribution in [-0.2, 0) is 14.1 Å². The third-order valence-electron chi connectivity index (χ3n) is 8.76. The van der Waals surface area contributed by atoms with Crippen molar-refractivity contribution in [2.75, 3.05) is 0 Å². The van der Waals surface area contributed by atoms with Crippen LogP contribution in [0.3, 0.4) is 0 Å². The Bertz CT molecular complexity index is 2380. The van der Waals surface area contributed by atoms with Gasteiger partial charge in [-0.2, -0.15) is 0 Å². The number of nitro benzene ring substituents is 3. The van der Waals surface area contributed by atoms with Gasteiger partial charge in [0, 0.05) is 31.0 Å². The van der Waals surface area contributed by atoms with E-state index in [0.29, 0.717) is 46.0 Å². The average molecular weight is 726 g/mol. The highest BCUT2D eigenvalue weighted by atomic mass is 16.6. The van der Waals surface area contributed by atoms with Gasteiger partial charge in [0.2, 0.25) is 0 Å². The highest BCUT2D eigenvalue weighted by Gasteiger charge is 2.35. The van der Waals surface area contributed by atoms with Gasteiger partial charge < -0.3 is 15.3 Å². The third kappa shape index (κ3) is 6.70. The number of hydrogen-bond donors (Lipinski definition) is 3. The van der Waals surface area contributed by atoms with E-state index in [1.807, 2.05) is 74.5 Å². The van der Waals surface area contributed by atoms with Gasteiger partial charge in [0.25, 0.3) is 22.6 Å². The number of phenolic OH excluding ortho intramolecular Hbond substituents is 3. The van der Waals surface area contributed by atoms with Gasteiger partial charge in [-0.1, -0.05) is 36.4 Å². The number of rotatable bonds is 8. The monoisotopic (exact) mass is 725 g/mol. The number of benzene rings is 4. The van der Waals surface area contributed by atoms with E-state index < -0.39 is 43.5 Å². The molecule has 6 aromatic rings. The number of aromatic hydroxyl groups is 3. The Kier molecular flexibility index (Phi) is 9.98. The second-order valence-electron chi connectivity index (χ2n) is 11.7. The lowest BCUT2D eigenvalue weighted by Crippen LogP contribution is -2.26. The molecule has 0 bridgehead atoms. The number of nitrogens with zero attached hydrogens (tertiary/aromatic N) is 7. The molecule has 53 heavy (non-hydrogen) atoms. The first-order valence-electron chi connectivity index (χ1n) is 15.6. The van der Waals surface area contributed by atoms with Crippen LogP contribution >= 0.6 is 0 Å². The van der Waals surface area contributed by atoms with Crippen molar-refractivity contribution in [3.63, 3.8) is 0 Å². The molecule has 0 aliphatic heterocycles. The van der Waals surface area contributed by atoms with Gasteiger partial charge in [0.15, 0.2) is 0 Å². The van der Waals surface area contributed by atoms with Crippen molar-refractivity contribution in [1.82, 2.24) is 18.7 Å². The van der Waals surface area contributed by atoms with Gasteiger partial charge in [-0.05, 0) is 56.3 Å². The van der Waals surface area contributed by atoms with Crippen LogP contribution in [-0.4, -0.2) is 48.8 Å². The molecule has 0 unspecified atom stereocenters. The second-order valence-corrected chi connectivity index (χ2v) is 11.7. The third-order valence-corrected chi connectivity index (χ3v) is 8.76. The fourth-order valence-corrected chi connectivity index (χ4v) is 6.04. The summed E-state index contributed by atoms with van der Waals surface area (Å²) in [5.41, 5.74) is -0.0392. The van der Waals surface area contributed by atoms with Crippen LogP contribution in [0.1, 0.15) is 34.0 Å². The van der Waals surface area contributed by atoms with E-state index >= 15 is 0 Å². The van der Waals surface area contributed by atoms with E-state index in [1.54, 1.807) is 32.8 Å². The average Bonchev–Trinajstić information content (AvgIpc) is 3.48. The minimum absolute atomic E-state index is 0.0771. The Morgan fingerprint density at radius 2 is 1.02 bits per heavy atom. The van der Waals surface area contributed by atoms with E-state index in [9.17, 15) is 50.1 Å². The zero-order valence-corrected chi connectivity index (χ0v) is 28.5. The summed E-state index contributed by atoms with van der Waals surface area (Å²) in [6, 6.07) is 23.5. The lowest BCUT2D eigenvalue weighted by molar-refractivity contribution is -0.404. The lowest BCUT2D eigenvalue weighted by atomic mass is 9.84. The first-order valence-corrected chi connectivity index (χ1v) is 15.6. The molecule has 0 saturated heterocycles. The van der Waals surface area contributed by atoms with Crippen molar-refractivity contribution >= 4 is 17.1 Å². The van der Waals surface area contributed by atoms with Crippen LogP contribution in [0.5, 0.6) is 17.2 Å². The number of phenols is 3. The van der Waals surface area contributed by atoms with Crippen molar-refractivity contribution in [1.29, 1.82) is 0 Å². The number of hydrogen-bond acceptors (Lipinski definition) is 11. The summed E-state index contributed by atoms with van der Waals surface area (Å²) < 4.78 is 6.58. The van der Waals surface area contributed by atoms with Crippen LogP contribution < -0.4 is 11.1 Å². The molecule has 0 amide bonds. The van der Waals surface area contributed by atoms with Crippen LogP contribution in [0.15, 0.2) is 101 Å². The fourth-order valence-electron chi connectivity index (χ4n) is 6.04. The molecule has 0 aliphatic rings. The van der Waals surface area contributed by atoms with Gasteiger partial charge in [-0.25, -0.2) is 9.36 Å². The maximum atomic E-state index is 14.1. The van der Waals surface area contributed by atoms with Gasteiger partial charge in [-0.3, -0.25) is 49.3 Å². The summed E-state index contributed by atoms with van der Waals surface area (Å²) >= 11 is 0. The Labute approximate surface area is 298 Å². The quantitative estimate of drug-likeness (QED) is 0.107. The SMILES string of the molecule is Cc1c(C(c2cc(O)ccc2O)c2c(C)n(C)n(-c3ccccc3)c2=O)c(=O)n(-c2ccccc2)n1C.O=[N+]([O-])c1cc([N+](=O)[O-])c(O)c([N+](=O)[O-])c1. The van der Waals surface area contributed by atoms with Crippen LogP contribution in [0.25, 0.3) is 11.4 Å². The largest absolute Gasteiger partial charge is 0.508 e. The molecule has 0 atom stereocenters. The maximum Gasteiger partial charge on any atom is 0.324 e. The number of nitro groups is 3. The lowest BCUT2D eigenvalue weighted by Gasteiger charge is -2.18. The molecule has 0 saturated carbocycles. The summed E-state index contributed by atoms with van der Waals surface area (Å²) in [4.78, 5) is 55.9. The fraction of sp³-hybridized carbons (Fsp3) is 0.143. The molecule has 0 fully saturated rings. The highest BCUT2D eigenvalue weighted by molar-refractivity contribution is 5.64. The molecule has 0 spiro atoms. The molecule has 0 aliphatic carbocycles. The Morgan fingerprint density at radius 3 is 1.40 bits per heavy atom. The zero-order chi connectivity index (χ0) is 38.9. The van der Waals surface area contributed by atoms with Gasteiger partial charge in [0.05, 0.1) is 55.3 Å². The van der Waals surface area contributed by atoms with Crippen LogP contribution in [0.2, 0.25) is 0 Å². The van der Waals surface area contributed by atoms with Crippen molar-refractivity contribution in [3.8, 4) is 28.6 Å². The molecular weight excluding hydrogens is 694 g/mol. The van der Waals surface area contributed by atoms with Gasteiger partial charge >= 0.3 is 11.4 Å². The van der Waals surface area contributed by atoms with Crippen molar-refractivity contribution in [2.24, 2.45) is 14.1 Å². The van der Waals surface area contributed by atoms with Crippen molar-refractivity contribution in [2.45, 2.75) is 19.8 Å². The predicted octanol–water partition coefficient (Wildman–Crippen LogP) is 4.99. The Morgan fingerprint density at radius 1 is 0.604 bits per heavy atom. The summed E-state index contributed by atoms with van der Waals surface area (Å²) in [7, 11) is 3.57. The molecule has 18 nitrogen and oxygen atoms in total. The standard InChI is InChI=1S/C29H28N4O4.C6H3N3O7/c1-18-25(28(36)32(30(18)3)20-11-7-5-8-12-20)27(23-17-22(34)15-16-24(23)35)26-19(2)31(4)33(29(26)37)21-13-9-6-10-14-21;10-6-4(8(13)14)1-3(7(11)12)2-5(6)9(15)16/h5-17,27,34-35H,1-4H3;1-2,10H. The minimum atomic E-state index is -1.21. The molecule has 2 heterocycles. The number of non-ortho nitro benzene ring substituents is 1. The van der Waals surface area contributed by atoms with E-state index in [1.165, 1.54) is 18.2 Å². The Hall–Kier alpha value is -7.50. The maximum absolute atomic E-state index is 14.1. The first kappa shape index (κ1) is 36.8. The van der Waals surface area contributed by atoms with Gasteiger partial charge in [0.1, 0.15) is 11.5 Å². The van der Waals surface area contributed by atoms with Crippen LogP contribution in [0, 0.1) is 44.2 Å². The smallest absolute Gasteiger partial charge is 0.324 e. The van der Waals surface area contributed by atoms with Gasteiger partial charge in [-0.15, -0.1) is 0 Å². The molecule has 6 rings (SSSR count). The highest BCUT2D eigenvalue weighted by Crippen LogP contribution is 2.40. The number of aromatic nitrogens is 4. The van der Waals surface area contributed by atoms with Crippen LogP contribution in [0.4, 0.5) is 17.1 Å². The van der Waals surface area contributed by atoms with E-state index in [-0.39, 0.29) is 28.2 Å². The normalized spacial score (nSPS) is 10.9. The summed E-state index contributed by atoms with van der Waals surface area (Å²) in [5, 5.41) is 61.5. The first-order chi connectivity index (χ1) is 25.1. The number of para-hydroxylation sites is 2. The molecule has 18 heteroatoms. The van der Waals surface area contributed by atoms with Crippen molar-refractivity contribution in [3.05, 3.63) is 170 Å². The van der Waals surface area contributed by atoms with E-state index in [2.05, 4.69) is 0 Å². The molecule has 0 radical (unpaired) electrons. The van der Waals surface area contributed by atoms with Crippen molar-refractivity contribution < 1.29 is 30.1 Å². The summed E-state index contributed by atoms with van der Waals surface area (Å²) in [5.74, 6) is -2.34. The topological polar surface area (TPSA) is 244 Å². The zero-order valence-electron chi connectivity index (χ0n) is 28.5. The van der Waals surface area contributed by atoms with E-state index in [4.69, 9.17) is 5.11 Å². The minimum Gasteiger partial charge on any atom is -0.508 e. The molecule has 3 N–H and O–H groups in total. The second kappa shape index (κ2) is 14.4. The summed E-state index contributed by atoms with van der Waals surface area (Å²) in [6.07, 6.45) is 0. The predicted molar refractivity (Wildman–Crippen MR) is 190 cm³/mol. The molecule has 4 aromatic carbocycles.